The number of alkyl halides is 1. The lowest BCUT2D eigenvalue weighted by molar-refractivity contribution is 0.457. The fourth-order valence-corrected chi connectivity index (χ4v) is 2.57. The topological polar surface area (TPSA) is 60.9 Å². The number of nitrogens with two attached hydrogens (primary N) is 1. The molecule has 0 bridgehead atoms. The van der Waals surface area contributed by atoms with Crippen LogP contribution in [0.25, 0.3) is 16.6 Å². The Morgan fingerprint density at radius 3 is 2.73 bits per heavy atom. The molecule has 5 heteroatoms. The van der Waals surface area contributed by atoms with Crippen molar-refractivity contribution in [3.63, 3.8) is 0 Å². The van der Waals surface area contributed by atoms with Gasteiger partial charge in [-0.1, -0.05) is 12.1 Å². The van der Waals surface area contributed by atoms with Crippen LogP contribution in [0.2, 0.25) is 0 Å². The van der Waals surface area contributed by atoms with Gasteiger partial charge >= 0.3 is 0 Å². The Kier molecular flexibility index (Phi) is 3.41. The molecule has 0 aliphatic heterocycles. The summed E-state index contributed by atoms with van der Waals surface area (Å²) in [7, 11) is 0. The van der Waals surface area contributed by atoms with Crippen molar-refractivity contribution in [3.05, 3.63) is 63.7 Å². The van der Waals surface area contributed by atoms with Crippen LogP contribution >= 0.6 is 0 Å². The van der Waals surface area contributed by atoms with E-state index in [4.69, 9.17) is 5.73 Å². The van der Waals surface area contributed by atoms with E-state index in [0.29, 0.717) is 22.3 Å². The quantitative estimate of drug-likeness (QED) is 0.739. The predicted molar refractivity (Wildman–Crippen MR) is 86.0 cm³/mol. The largest absolute Gasteiger partial charge is 0.399 e. The number of anilines is 1. The minimum absolute atomic E-state index is 0.0935. The highest BCUT2D eigenvalue weighted by atomic mass is 19.1. The first kappa shape index (κ1) is 14.3. The average molecular weight is 297 g/mol. The lowest BCUT2D eigenvalue weighted by atomic mass is 10.1. The SMILES string of the molecule is Cc1cccc(-n2c(CF)nc3ccc(N)cc3c2=O)c1C. The van der Waals surface area contributed by atoms with Crippen molar-refractivity contribution in [2.24, 2.45) is 0 Å². The normalized spacial score (nSPS) is 11.0. The van der Waals surface area contributed by atoms with Crippen molar-refractivity contribution < 1.29 is 4.39 Å². The van der Waals surface area contributed by atoms with Crippen LogP contribution in [0, 0.1) is 13.8 Å². The highest BCUT2D eigenvalue weighted by Gasteiger charge is 2.14. The Balaban J connectivity index is 2.44. The number of halogens is 1. The van der Waals surface area contributed by atoms with Crippen molar-refractivity contribution in [2.45, 2.75) is 20.5 Å². The Hall–Kier alpha value is -2.69. The fourth-order valence-electron chi connectivity index (χ4n) is 2.57. The Morgan fingerprint density at radius 2 is 2.00 bits per heavy atom. The van der Waals surface area contributed by atoms with Gasteiger partial charge in [0, 0.05) is 5.69 Å². The Bertz CT molecular complexity index is 931. The van der Waals surface area contributed by atoms with Gasteiger partial charge in [-0.2, -0.15) is 0 Å². The van der Waals surface area contributed by atoms with Gasteiger partial charge in [-0.3, -0.25) is 9.36 Å². The summed E-state index contributed by atoms with van der Waals surface area (Å²) in [5, 5.41) is 0.387. The van der Waals surface area contributed by atoms with E-state index in [1.807, 2.05) is 26.0 Å². The van der Waals surface area contributed by atoms with Gasteiger partial charge in [-0.05, 0) is 49.2 Å². The van der Waals surface area contributed by atoms with E-state index in [-0.39, 0.29) is 11.4 Å². The third-order valence-corrected chi connectivity index (χ3v) is 3.90. The molecule has 112 valence electrons. The zero-order chi connectivity index (χ0) is 15.9. The maximum atomic E-state index is 13.4. The summed E-state index contributed by atoms with van der Waals surface area (Å²) in [6, 6.07) is 10.5. The van der Waals surface area contributed by atoms with Crippen molar-refractivity contribution >= 4 is 16.6 Å². The molecule has 22 heavy (non-hydrogen) atoms. The lowest BCUT2D eigenvalue weighted by Crippen LogP contribution is -2.24. The summed E-state index contributed by atoms with van der Waals surface area (Å²) in [4.78, 5) is 17.1. The Labute approximate surface area is 127 Å². The number of nitrogen functional groups attached to an aromatic ring is 1. The van der Waals surface area contributed by atoms with Crippen LogP contribution in [-0.4, -0.2) is 9.55 Å². The molecule has 1 heterocycles. The van der Waals surface area contributed by atoms with Crippen molar-refractivity contribution in [2.75, 3.05) is 5.73 Å². The molecule has 0 unspecified atom stereocenters. The summed E-state index contributed by atoms with van der Waals surface area (Å²) < 4.78 is 14.8. The first-order valence-electron chi connectivity index (χ1n) is 6.96. The van der Waals surface area contributed by atoms with Crippen molar-refractivity contribution in [1.29, 1.82) is 0 Å². The molecule has 0 spiro atoms. The van der Waals surface area contributed by atoms with Gasteiger partial charge in [-0.15, -0.1) is 0 Å². The Morgan fingerprint density at radius 1 is 1.23 bits per heavy atom. The zero-order valence-corrected chi connectivity index (χ0v) is 12.4. The molecule has 0 aliphatic rings. The smallest absolute Gasteiger partial charge is 0.266 e. The van der Waals surface area contributed by atoms with Crippen LogP contribution in [-0.2, 0) is 6.67 Å². The predicted octanol–water partition coefficient (Wildman–Crippen LogP) is 3.05. The van der Waals surface area contributed by atoms with E-state index < -0.39 is 6.67 Å². The van der Waals surface area contributed by atoms with Crippen LogP contribution in [0.3, 0.4) is 0 Å². The molecule has 4 nitrogen and oxygen atoms in total. The summed E-state index contributed by atoms with van der Waals surface area (Å²) in [6.07, 6.45) is 0. The van der Waals surface area contributed by atoms with Crippen molar-refractivity contribution in [3.8, 4) is 5.69 Å². The van der Waals surface area contributed by atoms with E-state index in [2.05, 4.69) is 4.98 Å². The first-order valence-corrected chi connectivity index (χ1v) is 6.96. The van der Waals surface area contributed by atoms with Crippen LogP contribution < -0.4 is 11.3 Å². The molecule has 3 rings (SSSR count). The van der Waals surface area contributed by atoms with E-state index >= 15 is 0 Å². The molecule has 3 aromatic rings. The van der Waals surface area contributed by atoms with E-state index in [0.717, 1.165) is 11.1 Å². The van der Waals surface area contributed by atoms with Crippen LogP contribution in [0.5, 0.6) is 0 Å². The number of benzene rings is 2. The molecule has 0 saturated heterocycles. The number of rotatable bonds is 2. The molecule has 0 fully saturated rings. The third-order valence-electron chi connectivity index (χ3n) is 3.90. The molecule has 0 saturated carbocycles. The number of hydrogen-bond acceptors (Lipinski definition) is 3. The van der Waals surface area contributed by atoms with Gasteiger partial charge in [0.25, 0.3) is 5.56 Å². The van der Waals surface area contributed by atoms with Gasteiger partial charge in [0.15, 0.2) is 0 Å². The highest BCUT2D eigenvalue weighted by Crippen LogP contribution is 2.20. The summed E-state index contributed by atoms with van der Waals surface area (Å²) in [6.45, 7) is 3.04. The summed E-state index contributed by atoms with van der Waals surface area (Å²) in [5.41, 5.74) is 8.98. The molecule has 0 amide bonds. The number of aromatic nitrogens is 2. The summed E-state index contributed by atoms with van der Waals surface area (Å²) in [5.74, 6) is 0.0935. The molecule has 0 aliphatic carbocycles. The lowest BCUT2D eigenvalue weighted by Gasteiger charge is -2.15. The number of nitrogens with zero attached hydrogens (tertiary/aromatic N) is 2. The monoisotopic (exact) mass is 297 g/mol. The maximum Gasteiger partial charge on any atom is 0.266 e. The first-order chi connectivity index (χ1) is 10.5. The molecular weight excluding hydrogens is 281 g/mol. The molecule has 0 atom stereocenters. The maximum absolute atomic E-state index is 13.4. The van der Waals surface area contributed by atoms with Gasteiger partial charge in [0.2, 0.25) is 0 Å². The zero-order valence-electron chi connectivity index (χ0n) is 12.4. The van der Waals surface area contributed by atoms with E-state index in [1.165, 1.54) is 4.57 Å². The summed E-state index contributed by atoms with van der Waals surface area (Å²) >= 11 is 0. The van der Waals surface area contributed by atoms with Crippen LogP contribution in [0.1, 0.15) is 17.0 Å². The van der Waals surface area contributed by atoms with Crippen molar-refractivity contribution in [1.82, 2.24) is 9.55 Å². The standard InChI is InChI=1S/C17H16FN3O/c1-10-4-3-5-15(11(10)2)21-16(9-18)20-14-7-6-12(19)8-13(14)17(21)22/h3-8H,9,19H2,1-2H3. The average Bonchev–Trinajstić information content (AvgIpc) is 2.51. The molecule has 0 radical (unpaired) electrons. The van der Waals surface area contributed by atoms with Crippen LogP contribution in [0.4, 0.5) is 10.1 Å². The molecule has 2 N–H and O–H groups in total. The van der Waals surface area contributed by atoms with E-state index in [9.17, 15) is 9.18 Å². The molecule has 1 aromatic heterocycles. The second-order valence-electron chi connectivity index (χ2n) is 5.30. The minimum Gasteiger partial charge on any atom is -0.399 e. The minimum atomic E-state index is -0.817. The second kappa shape index (κ2) is 5.26. The molecular formula is C17H16FN3O. The second-order valence-corrected chi connectivity index (χ2v) is 5.30. The van der Waals surface area contributed by atoms with Gasteiger partial charge in [0.05, 0.1) is 16.6 Å². The highest BCUT2D eigenvalue weighted by molar-refractivity contribution is 5.81. The van der Waals surface area contributed by atoms with Gasteiger partial charge < -0.3 is 5.73 Å². The van der Waals surface area contributed by atoms with Gasteiger partial charge in [-0.25, -0.2) is 9.37 Å². The van der Waals surface area contributed by atoms with Gasteiger partial charge in [0.1, 0.15) is 12.5 Å². The number of fused-ring (bicyclic) bond motifs is 1. The van der Waals surface area contributed by atoms with Crippen LogP contribution in [0.15, 0.2) is 41.2 Å². The molecule has 2 aromatic carbocycles. The fraction of sp³-hybridized carbons (Fsp3) is 0.176. The number of aryl methyl sites for hydroxylation is 1. The third kappa shape index (κ3) is 2.15. The number of hydrogen-bond donors (Lipinski definition) is 1. The van der Waals surface area contributed by atoms with E-state index in [1.54, 1.807) is 24.3 Å².